The Morgan fingerprint density at radius 1 is 1.11 bits per heavy atom. The van der Waals surface area contributed by atoms with Crippen molar-refractivity contribution in [2.45, 2.75) is 26.3 Å². The average molecular weight is 382 g/mol. The second kappa shape index (κ2) is 8.17. The van der Waals surface area contributed by atoms with Crippen molar-refractivity contribution in [1.82, 2.24) is 0 Å². The number of carboxylic acid groups (broad SMARTS) is 1. The zero-order valence-corrected chi connectivity index (χ0v) is 16.4. The third-order valence-corrected chi connectivity index (χ3v) is 4.62. The van der Waals surface area contributed by atoms with Crippen molar-refractivity contribution >= 4 is 16.9 Å². The maximum atomic E-state index is 11.5. The van der Waals surface area contributed by atoms with Crippen molar-refractivity contribution in [3.63, 3.8) is 0 Å². The molecule has 2 N–H and O–H groups in total. The number of aliphatic carboxylic acids is 1. The van der Waals surface area contributed by atoms with E-state index in [1.165, 1.54) is 0 Å². The number of carbonyl (C=O) groups is 1. The first kappa shape index (κ1) is 19.5. The largest absolute Gasteiger partial charge is 0.493 e. The predicted octanol–water partition coefficient (Wildman–Crippen LogP) is 2.27. The van der Waals surface area contributed by atoms with E-state index >= 15 is 0 Å². The molecule has 1 heterocycles. The van der Waals surface area contributed by atoms with Crippen molar-refractivity contribution in [3.05, 3.63) is 53.4 Å². The molecule has 0 aliphatic carbocycles. The summed E-state index contributed by atoms with van der Waals surface area (Å²) in [5, 5.41) is 11.0. The maximum Gasteiger partial charge on any atom is 0.372 e. The average Bonchev–Trinajstić information content (AvgIpc) is 2.70. The lowest BCUT2D eigenvalue weighted by atomic mass is 10.1. The molecule has 0 radical (unpaired) electrons. The van der Waals surface area contributed by atoms with Crippen LogP contribution in [-0.4, -0.2) is 31.3 Å². The van der Waals surface area contributed by atoms with Crippen LogP contribution in [0.15, 0.2) is 46.9 Å². The fourth-order valence-electron chi connectivity index (χ4n) is 3.08. The van der Waals surface area contributed by atoms with Crippen LogP contribution >= 0.6 is 0 Å². The third kappa shape index (κ3) is 3.86. The van der Waals surface area contributed by atoms with Crippen LogP contribution in [0.5, 0.6) is 11.5 Å². The topological polar surface area (TPSA) is 82.9 Å². The first-order valence-electron chi connectivity index (χ1n) is 9.06. The number of benzene rings is 2. The second-order valence-corrected chi connectivity index (χ2v) is 6.54. The fraction of sp³-hybridized carbons (Fsp3) is 0.273. The highest BCUT2D eigenvalue weighted by Crippen LogP contribution is 2.32. The van der Waals surface area contributed by atoms with Gasteiger partial charge in [-0.05, 0) is 37.3 Å². The Balaban J connectivity index is 2.27. The molecule has 1 aromatic heterocycles. The molecule has 6 heteroatoms. The van der Waals surface area contributed by atoms with Gasteiger partial charge in [0.05, 0.1) is 25.7 Å². The van der Waals surface area contributed by atoms with Crippen LogP contribution in [-0.2, 0) is 4.79 Å². The molecule has 0 saturated heterocycles. The normalized spacial score (nSPS) is 12.8. The molecular weight excluding hydrogens is 358 g/mol. The minimum Gasteiger partial charge on any atom is -0.493 e. The van der Waals surface area contributed by atoms with Crippen molar-refractivity contribution in [2.24, 2.45) is 0 Å². The van der Waals surface area contributed by atoms with Crippen LogP contribution in [0.3, 0.4) is 0 Å². The highest BCUT2D eigenvalue weighted by atomic mass is 16.5. The van der Waals surface area contributed by atoms with Crippen LogP contribution < -0.4 is 19.8 Å². The Morgan fingerprint density at radius 3 is 2.50 bits per heavy atom. The number of carboxylic acids is 1. The van der Waals surface area contributed by atoms with E-state index in [1.54, 1.807) is 14.2 Å². The van der Waals surface area contributed by atoms with Gasteiger partial charge in [-0.15, -0.1) is 0 Å². The molecule has 3 aromatic rings. The molecule has 0 aliphatic rings. The van der Waals surface area contributed by atoms with Gasteiger partial charge in [0.25, 0.3) is 0 Å². The minimum atomic E-state index is -0.892. The van der Waals surface area contributed by atoms with Crippen molar-refractivity contribution < 1.29 is 28.8 Å². The van der Waals surface area contributed by atoms with Crippen LogP contribution in [0.2, 0.25) is 0 Å². The van der Waals surface area contributed by atoms with Gasteiger partial charge in [0.15, 0.2) is 11.5 Å². The number of hydrogen-bond donors (Lipinski definition) is 2. The number of ether oxygens (including phenoxy) is 2. The smallest absolute Gasteiger partial charge is 0.372 e. The van der Waals surface area contributed by atoms with Gasteiger partial charge in [-0.2, -0.15) is 0 Å². The van der Waals surface area contributed by atoms with E-state index in [4.69, 9.17) is 13.9 Å². The SMILES string of the molecule is CCC([NH+]=c1cc(-c2ccc(OC)c(OC)c2)oc2ccc(C)cc12)C(=O)O. The Kier molecular flexibility index (Phi) is 5.68. The molecule has 146 valence electrons. The van der Waals surface area contributed by atoms with Gasteiger partial charge >= 0.3 is 5.97 Å². The molecule has 0 bridgehead atoms. The van der Waals surface area contributed by atoms with Crippen LogP contribution in [0, 0.1) is 6.92 Å². The fourth-order valence-corrected chi connectivity index (χ4v) is 3.08. The molecule has 0 aliphatic heterocycles. The highest BCUT2D eigenvalue weighted by molar-refractivity contribution is 5.79. The first-order valence-corrected chi connectivity index (χ1v) is 9.06. The monoisotopic (exact) mass is 382 g/mol. The van der Waals surface area contributed by atoms with E-state index in [0.29, 0.717) is 34.6 Å². The molecule has 0 fully saturated rings. The second-order valence-electron chi connectivity index (χ2n) is 6.54. The highest BCUT2D eigenvalue weighted by Gasteiger charge is 2.20. The predicted molar refractivity (Wildman–Crippen MR) is 105 cm³/mol. The lowest BCUT2D eigenvalue weighted by Gasteiger charge is -2.10. The van der Waals surface area contributed by atoms with Crippen LogP contribution in [0.4, 0.5) is 0 Å². The van der Waals surface area contributed by atoms with Crippen LogP contribution in [0.1, 0.15) is 18.9 Å². The summed E-state index contributed by atoms with van der Waals surface area (Å²) < 4.78 is 16.8. The first-order chi connectivity index (χ1) is 13.5. The lowest BCUT2D eigenvalue weighted by molar-refractivity contribution is -0.530. The molecule has 0 saturated carbocycles. The Morgan fingerprint density at radius 2 is 1.86 bits per heavy atom. The van der Waals surface area contributed by atoms with Crippen molar-refractivity contribution in [2.75, 3.05) is 14.2 Å². The zero-order chi connectivity index (χ0) is 20.3. The Hall–Kier alpha value is -3.28. The molecule has 1 atom stereocenters. The summed E-state index contributed by atoms with van der Waals surface area (Å²) in [5.74, 6) is 0.917. The van der Waals surface area contributed by atoms with Crippen molar-refractivity contribution in [1.29, 1.82) is 0 Å². The van der Waals surface area contributed by atoms with E-state index in [1.807, 2.05) is 56.3 Å². The number of aryl methyl sites for hydroxylation is 1. The van der Waals surface area contributed by atoms with E-state index in [2.05, 4.69) is 4.99 Å². The molecule has 0 amide bonds. The van der Waals surface area contributed by atoms with Gasteiger partial charge in [-0.3, -0.25) is 0 Å². The summed E-state index contributed by atoms with van der Waals surface area (Å²) in [7, 11) is 3.16. The summed E-state index contributed by atoms with van der Waals surface area (Å²) >= 11 is 0. The minimum absolute atomic E-state index is 0.459. The number of fused-ring (bicyclic) bond motifs is 1. The molecule has 2 aromatic carbocycles. The van der Waals surface area contributed by atoms with Crippen molar-refractivity contribution in [3.8, 4) is 22.8 Å². The lowest BCUT2D eigenvalue weighted by Crippen LogP contribution is -2.84. The summed E-state index contributed by atoms with van der Waals surface area (Å²) in [6.45, 7) is 3.82. The maximum absolute atomic E-state index is 11.5. The van der Waals surface area contributed by atoms with Gasteiger partial charge in [0.1, 0.15) is 11.3 Å². The molecule has 28 heavy (non-hydrogen) atoms. The molecule has 0 spiro atoms. The summed E-state index contributed by atoms with van der Waals surface area (Å²) in [5.41, 5.74) is 2.53. The summed E-state index contributed by atoms with van der Waals surface area (Å²) in [4.78, 5) is 14.7. The number of hydrogen-bond acceptors (Lipinski definition) is 4. The third-order valence-electron chi connectivity index (χ3n) is 4.62. The standard InChI is InChI=1S/C22H23NO5/c1-5-16(22(24)25)23-17-12-20(28-18-8-6-13(2)10-15(17)18)14-7-9-19(26-3)21(11-14)27-4/h6-12,16H,5H2,1-4H3,(H,24,25)/p+1. The number of methoxy groups -OCH3 is 2. The van der Waals surface area contributed by atoms with Gasteiger partial charge in [0.2, 0.25) is 11.4 Å². The van der Waals surface area contributed by atoms with Gasteiger partial charge in [0, 0.05) is 12.0 Å². The molecular formula is C22H24NO5+. The summed E-state index contributed by atoms with van der Waals surface area (Å²) in [6, 6.07) is 12.5. The van der Waals surface area contributed by atoms with E-state index in [-0.39, 0.29) is 0 Å². The Labute approximate surface area is 163 Å². The van der Waals surface area contributed by atoms with Crippen LogP contribution in [0.25, 0.3) is 22.3 Å². The summed E-state index contributed by atoms with van der Waals surface area (Å²) in [6.07, 6.45) is 0.459. The van der Waals surface area contributed by atoms with Gasteiger partial charge < -0.3 is 19.0 Å². The molecule has 3 rings (SSSR count). The quantitative estimate of drug-likeness (QED) is 0.683. The zero-order valence-electron chi connectivity index (χ0n) is 16.4. The van der Waals surface area contributed by atoms with Gasteiger partial charge in [-0.25, -0.2) is 9.79 Å². The molecule has 1 unspecified atom stereocenters. The van der Waals surface area contributed by atoms with E-state index in [0.717, 1.165) is 16.5 Å². The Bertz CT molecular complexity index is 1080. The van der Waals surface area contributed by atoms with E-state index < -0.39 is 12.0 Å². The van der Waals surface area contributed by atoms with E-state index in [9.17, 15) is 9.90 Å². The number of rotatable bonds is 6. The number of nitrogens with one attached hydrogen (secondary N) is 1. The van der Waals surface area contributed by atoms with Gasteiger partial charge in [-0.1, -0.05) is 18.6 Å². The molecule has 6 nitrogen and oxygen atoms in total.